The van der Waals surface area contributed by atoms with E-state index in [0.717, 1.165) is 19.4 Å². The Morgan fingerprint density at radius 3 is 2.44 bits per heavy atom. The summed E-state index contributed by atoms with van der Waals surface area (Å²) in [6.07, 6.45) is 2.63. The van der Waals surface area contributed by atoms with Crippen molar-refractivity contribution in [2.75, 3.05) is 6.54 Å². The highest BCUT2D eigenvalue weighted by molar-refractivity contribution is 5.89. The third kappa shape index (κ3) is 3.22. The summed E-state index contributed by atoms with van der Waals surface area (Å²) in [6, 6.07) is -0.259. The van der Waals surface area contributed by atoms with E-state index in [9.17, 15) is 14.7 Å². The number of carbonyl (C=O) groups excluding carboxylic acids is 1. The fraction of sp³-hybridized carbons (Fsp3) is 0.846. The van der Waals surface area contributed by atoms with Gasteiger partial charge in [0.2, 0.25) is 5.91 Å². The summed E-state index contributed by atoms with van der Waals surface area (Å²) in [4.78, 5) is 23.5. The molecule has 0 aromatic heterocycles. The molecule has 2 atom stereocenters. The molecule has 1 aliphatic rings. The van der Waals surface area contributed by atoms with Gasteiger partial charge in [-0.15, -0.1) is 0 Å². The first-order chi connectivity index (χ1) is 8.45. The van der Waals surface area contributed by atoms with Crippen LogP contribution in [0.15, 0.2) is 0 Å². The maximum absolute atomic E-state index is 12.1. The molecule has 5 nitrogen and oxygen atoms in total. The number of hydrogen-bond acceptors (Lipinski definition) is 3. The Morgan fingerprint density at radius 2 is 2.00 bits per heavy atom. The number of carboxylic acid groups (broad SMARTS) is 1. The first kappa shape index (κ1) is 15.0. The Labute approximate surface area is 108 Å². The number of carboxylic acids is 1. The van der Waals surface area contributed by atoms with Gasteiger partial charge in [-0.05, 0) is 38.1 Å². The van der Waals surface area contributed by atoms with Crippen molar-refractivity contribution in [1.82, 2.24) is 10.6 Å². The zero-order chi connectivity index (χ0) is 13.8. The average Bonchev–Trinajstić information content (AvgIpc) is 2.35. The third-order valence-electron chi connectivity index (χ3n) is 3.96. The van der Waals surface area contributed by atoms with E-state index in [1.165, 1.54) is 0 Å². The van der Waals surface area contributed by atoms with Crippen LogP contribution in [0.2, 0.25) is 0 Å². The van der Waals surface area contributed by atoms with E-state index in [2.05, 4.69) is 17.6 Å². The molecule has 2 unspecified atom stereocenters. The summed E-state index contributed by atoms with van der Waals surface area (Å²) in [5, 5.41) is 15.2. The molecule has 104 valence electrons. The second kappa shape index (κ2) is 6.18. The lowest BCUT2D eigenvalue weighted by Crippen LogP contribution is -2.59. The first-order valence-corrected chi connectivity index (χ1v) is 6.74. The molecule has 0 aromatic carbocycles. The van der Waals surface area contributed by atoms with Crippen molar-refractivity contribution in [3.8, 4) is 0 Å². The highest BCUT2D eigenvalue weighted by Gasteiger charge is 2.38. The smallest absolute Gasteiger partial charge is 0.329 e. The molecule has 1 amide bonds. The van der Waals surface area contributed by atoms with E-state index in [4.69, 9.17) is 0 Å². The Bertz CT molecular complexity index is 313. The molecular weight excluding hydrogens is 232 g/mol. The van der Waals surface area contributed by atoms with Crippen LogP contribution in [-0.4, -0.2) is 35.1 Å². The van der Waals surface area contributed by atoms with Crippen LogP contribution in [0.4, 0.5) is 0 Å². The normalized spacial score (nSPS) is 24.6. The average molecular weight is 256 g/mol. The van der Waals surface area contributed by atoms with Gasteiger partial charge >= 0.3 is 5.97 Å². The predicted octanol–water partition coefficient (Wildman–Crippen LogP) is 1.13. The zero-order valence-corrected chi connectivity index (χ0v) is 11.5. The standard InChI is InChI=1S/C13H24N2O3/c1-4-13(5-2,12(17)18)15-11(16)10-8-9(3)6-7-14-10/h9-10,14H,4-8H2,1-3H3,(H,15,16)(H,17,18). The molecular formula is C13H24N2O3. The van der Waals surface area contributed by atoms with E-state index < -0.39 is 11.5 Å². The summed E-state index contributed by atoms with van der Waals surface area (Å²) in [5.41, 5.74) is -1.13. The Balaban J connectivity index is 2.69. The minimum atomic E-state index is -1.13. The van der Waals surface area contributed by atoms with Crippen LogP contribution in [0.5, 0.6) is 0 Å². The van der Waals surface area contributed by atoms with E-state index in [-0.39, 0.29) is 11.9 Å². The fourth-order valence-electron chi connectivity index (χ4n) is 2.41. The molecule has 0 aromatic rings. The maximum atomic E-state index is 12.1. The number of amides is 1. The Morgan fingerprint density at radius 1 is 1.39 bits per heavy atom. The number of rotatable bonds is 5. The molecule has 18 heavy (non-hydrogen) atoms. The van der Waals surface area contributed by atoms with Crippen LogP contribution in [0.3, 0.4) is 0 Å². The second-order valence-electron chi connectivity index (χ2n) is 5.22. The van der Waals surface area contributed by atoms with Crippen molar-refractivity contribution in [1.29, 1.82) is 0 Å². The van der Waals surface area contributed by atoms with Gasteiger partial charge in [0.1, 0.15) is 5.54 Å². The van der Waals surface area contributed by atoms with Crippen LogP contribution in [-0.2, 0) is 9.59 Å². The van der Waals surface area contributed by atoms with Gasteiger partial charge in [-0.25, -0.2) is 4.79 Å². The number of aliphatic carboxylic acids is 1. The maximum Gasteiger partial charge on any atom is 0.329 e. The minimum Gasteiger partial charge on any atom is -0.480 e. The fourth-order valence-corrected chi connectivity index (χ4v) is 2.41. The molecule has 0 aliphatic carbocycles. The third-order valence-corrected chi connectivity index (χ3v) is 3.96. The quantitative estimate of drug-likeness (QED) is 0.689. The lowest BCUT2D eigenvalue weighted by molar-refractivity contribution is -0.148. The van der Waals surface area contributed by atoms with Crippen molar-refractivity contribution in [2.24, 2.45) is 5.92 Å². The van der Waals surface area contributed by atoms with Gasteiger partial charge in [0, 0.05) is 0 Å². The molecule has 1 aliphatic heterocycles. The molecule has 0 saturated carbocycles. The molecule has 0 spiro atoms. The van der Waals surface area contributed by atoms with Gasteiger partial charge in [-0.2, -0.15) is 0 Å². The predicted molar refractivity (Wildman–Crippen MR) is 69.3 cm³/mol. The van der Waals surface area contributed by atoms with Crippen LogP contribution in [0, 0.1) is 5.92 Å². The highest BCUT2D eigenvalue weighted by atomic mass is 16.4. The molecule has 1 rings (SSSR count). The lowest BCUT2D eigenvalue weighted by atomic mass is 9.90. The first-order valence-electron chi connectivity index (χ1n) is 6.74. The lowest BCUT2D eigenvalue weighted by Gasteiger charge is -2.33. The largest absolute Gasteiger partial charge is 0.480 e. The van der Waals surface area contributed by atoms with E-state index in [1.54, 1.807) is 13.8 Å². The summed E-state index contributed by atoms with van der Waals surface area (Å²) >= 11 is 0. The Hall–Kier alpha value is -1.10. The van der Waals surface area contributed by atoms with E-state index >= 15 is 0 Å². The minimum absolute atomic E-state index is 0.187. The summed E-state index contributed by atoms with van der Waals surface area (Å²) in [6.45, 7) is 6.51. The summed E-state index contributed by atoms with van der Waals surface area (Å²) in [7, 11) is 0. The zero-order valence-electron chi connectivity index (χ0n) is 11.5. The van der Waals surface area contributed by atoms with Gasteiger partial charge in [0.15, 0.2) is 0 Å². The number of carbonyl (C=O) groups is 2. The number of nitrogens with one attached hydrogen (secondary N) is 2. The summed E-state index contributed by atoms with van der Waals surface area (Å²) < 4.78 is 0. The van der Waals surface area contributed by atoms with Crippen LogP contribution in [0.1, 0.15) is 46.5 Å². The van der Waals surface area contributed by atoms with Crippen molar-refractivity contribution in [3.63, 3.8) is 0 Å². The molecule has 0 radical (unpaired) electrons. The monoisotopic (exact) mass is 256 g/mol. The molecule has 1 heterocycles. The van der Waals surface area contributed by atoms with Gasteiger partial charge in [0.25, 0.3) is 0 Å². The van der Waals surface area contributed by atoms with Gasteiger partial charge in [0.05, 0.1) is 6.04 Å². The van der Waals surface area contributed by atoms with Gasteiger partial charge < -0.3 is 15.7 Å². The van der Waals surface area contributed by atoms with Crippen molar-refractivity contribution < 1.29 is 14.7 Å². The van der Waals surface area contributed by atoms with Crippen molar-refractivity contribution >= 4 is 11.9 Å². The molecule has 3 N–H and O–H groups in total. The second-order valence-corrected chi connectivity index (χ2v) is 5.22. The van der Waals surface area contributed by atoms with E-state index in [1.807, 2.05) is 0 Å². The molecule has 5 heteroatoms. The SMILES string of the molecule is CCC(CC)(NC(=O)C1CC(C)CCN1)C(=O)O. The Kier molecular flexibility index (Phi) is 5.14. The highest BCUT2D eigenvalue weighted by Crippen LogP contribution is 2.19. The van der Waals surface area contributed by atoms with Crippen LogP contribution in [0.25, 0.3) is 0 Å². The summed E-state index contributed by atoms with van der Waals surface area (Å²) in [5.74, 6) is -0.637. The number of hydrogen-bond donors (Lipinski definition) is 3. The van der Waals surface area contributed by atoms with Crippen LogP contribution < -0.4 is 10.6 Å². The van der Waals surface area contributed by atoms with E-state index in [0.29, 0.717) is 18.8 Å². The van der Waals surface area contributed by atoms with Crippen molar-refractivity contribution in [3.05, 3.63) is 0 Å². The van der Waals surface area contributed by atoms with Crippen molar-refractivity contribution in [2.45, 2.75) is 58.0 Å². The van der Waals surface area contributed by atoms with Crippen LogP contribution >= 0.6 is 0 Å². The number of piperidine rings is 1. The topological polar surface area (TPSA) is 78.4 Å². The van der Waals surface area contributed by atoms with Gasteiger partial charge in [-0.3, -0.25) is 4.79 Å². The van der Waals surface area contributed by atoms with Gasteiger partial charge in [-0.1, -0.05) is 20.8 Å². The molecule has 1 fully saturated rings. The molecule has 1 saturated heterocycles. The molecule has 0 bridgehead atoms.